The molecule has 1 N–H and O–H groups in total. The number of fused-ring (bicyclic) bond motifs is 1. The summed E-state index contributed by atoms with van der Waals surface area (Å²) < 4.78 is 0. The first-order valence-electron chi connectivity index (χ1n) is 8.19. The molecule has 22 heavy (non-hydrogen) atoms. The van der Waals surface area contributed by atoms with E-state index < -0.39 is 0 Å². The molecular weight excluding hydrogens is 272 g/mol. The van der Waals surface area contributed by atoms with Gasteiger partial charge in [-0.2, -0.15) is 0 Å². The quantitative estimate of drug-likeness (QED) is 0.925. The average Bonchev–Trinajstić information content (AvgIpc) is 2.50. The van der Waals surface area contributed by atoms with Crippen molar-refractivity contribution in [1.82, 2.24) is 20.2 Å². The number of benzene rings is 1. The summed E-state index contributed by atoms with van der Waals surface area (Å²) in [6.45, 7) is 13.0. The molecule has 2 aromatic rings. The minimum Gasteiger partial charge on any atom is -0.311 e. The number of aryl methyl sites for hydroxylation is 2. The van der Waals surface area contributed by atoms with Crippen molar-refractivity contribution < 1.29 is 0 Å². The summed E-state index contributed by atoms with van der Waals surface area (Å²) in [5.74, 6) is 0. The lowest BCUT2D eigenvalue weighted by molar-refractivity contribution is 0.103. The Morgan fingerprint density at radius 3 is 2.55 bits per heavy atom. The topological polar surface area (TPSA) is 41.1 Å². The maximum Gasteiger partial charge on any atom is 0.0893 e. The summed E-state index contributed by atoms with van der Waals surface area (Å²) in [6, 6.07) is 8.01. The number of piperazine rings is 1. The van der Waals surface area contributed by atoms with E-state index in [1.807, 2.05) is 13.8 Å². The van der Waals surface area contributed by atoms with Crippen LogP contribution in [0, 0.1) is 13.8 Å². The highest BCUT2D eigenvalue weighted by Crippen LogP contribution is 2.26. The van der Waals surface area contributed by atoms with Crippen molar-refractivity contribution in [2.75, 3.05) is 13.1 Å². The van der Waals surface area contributed by atoms with Gasteiger partial charge in [-0.3, -0.25) is 4.90 Å². The maximum absolute atomic E-state index is 4.70. The van der Waals surface area contributed by atoms with Gasteiger partial charge in [0.2, 0.25) is 0 Å². The zero-order valence-electron chi connectivity index (χ0n) is 14.2. The zero-order valence-corrected chi connectivity index (χ0v) is 14.2. The Bertz CT molecular complexity index is 682. The van der Waals surface area contributed by atoms with E-state index in [2.05, 4.69) is 54.2 Å². The molecule has 1 aliphatic rings. The van der Waals surface area contributed by atoms with Gasteiger partial charge in [0.15, 0.2) is 0 Å². The van der Waals surface area contributed by atoms with Crippen molar-refractivity contribution >= 4 is 11.0 Å². The first kappa shape index (κ1) is 15.4. The van der Waals surface area contributed by atoms with Crippen LogP contribution in [0.1, 0.15) is 43.8 Å². The molecule has 0 saturated carbocycles. The molecule has 3 rings (SSSR count). The van der Waals surface area contributed by atoms with Gasteiger partial charge in [0, 0.05) is 31.2 Å². The first-order valence-corrected chi connectivity index (χ1v) is 8.19. The van der Waals surface area contributed by atoms with Gasteiger partial charge in [-0.05, 0) is 52.3 Å². The van der Waals surface area contributed by atoms with Gasteiger partial charge in [0.1, 0.15) is 0 Å². The molecule has 4 nitrogen and oxygen atoms in total. The fourth-order valence-electron chi connectivity index (χ4n) is 3.29. The molecule has 1 aromatic heterocycles. The van der Waals surface area contributed by atoms with Crippen LogP contribution < -0.4 is 5.32 Å². The molecule has 4 heteroatoms. The van der Waals surface area contributed by atoms with Crippen molar-refractivity contribution in [1.29, 1.82) is 0 Å². The number of hydrogen-bond acceptors (Lipinski definition) is 4. The molecule has 1 unspecified atom stereocenters. The second-order valence-electron chi connectivity index (χ2n) is 6.67. The van der Waals surface area contributed by atoms with Gasteiger partial charge < -0.3 is 5.32 Å². The number of nitrogens with zero attached hydrogens (tertiary/aromatic N) is 3. The van der Waals surface area contributed by atoms with Crippen LogP contribution in [-0.2, 0) is 0 Å². The Morgan fingerprint density at radius 2 is 1.82 bits per heavy atom. The van der Waals surface area contributed by atoms with E-state index in [1.165, 1.54) is 5.56 Å². The van der Waals surface area contributed by atoms with Gasteiger partial charge in [0.05, 0.1) is 22.4 Å². The Labute approximate surface area is 133 Å². The van der Waals surface area contributed by atoms with E-state index >= 15 is 0 Å². The van der Waals surface area contributed by atoms with Gasteiger partial charge in [-0.15, -0.1) is 0 Å². The van der Waals surface area contributed by atoms with Gasteiger partial charge in [-0.1, -0.05) is 6.07 Å². The fraction of sp³-hybridized carbons (Fsp3) is 0.556. The standard InChI is InChI=1S/C18H26N4/c1-11-10-22(12(2)9-19-11)15(5)16-6-7-17-18(8-16)21-14(4)13(3)20-17/h6-8,11-12,15,19H,9-10H2,1-5H3/t11-,12+,15?/m0/s1. The second kappa shape index (κ2) is 5.94. The van der Waals surface area contributed by atoms with E-state index in [0.29, 0.717) is 18.1 Å². The van der Waals surface area contributed by atoms with Crippen molar-refractivity contribution in [3.63, 3.8) is 0 Å². The number of rotatable bonds is 2. The van der Waals surface area contributed by atoms with Crippen molar-refractivity contribution in [3.8, 4) is 0 Å². The third-order valence-electron chi connectivity index (χ3n) is 4.89. The third-order valence-corrected chi connectivity index (χ3v) is 4.89. The van der Waals surface area contributed by atoms with E-state index in [9.17, 15) is 0 Å². The summed E-state index contributed by atoms with van der Waals surface area (Å²) in [7, 11) is 0. The molecule has 118 valence electrons. The SMILES string of the molecule is Cc1nc2ccc(C(C)N3C[C@H](C)NC[C@H]3C)cc2nc1C. The summed E-state index contributed by atoms with van der Waals surface area (Å²) in [5.41, 5.74) is 5.34. The molecule has 1 aromatic carbocycles. The third kappa shape index (κ3) is 2.85. The summed E-state index contributed by atoms with van der Waals surface area (Å²) in [6.07, 6.45) is 0. The maximum atomic E-state index is 4.70. The summed E-state index contributed by atoms with van der Waals surface area (Å²) in [4.78, 5) is 11.9. The Kier molecular flexibility index (Phi) is 4.15. The predicted molar refractivity (Wildman–Crippen MR) is 91.1 cm³/mol. The van der Waals surface area contributed by atoms with Crippen LogP contribution in [0.2, 0.25) is 0 Å². The minimum absolute atomic E-state index is 0.396. The van der Waals surface area contributed by atoms with Crippen molar-refractivity contribution in [3.05, 3.63) is 35.2 Å². The molecule has 1 aliphatic heterocycles. The van der Waals surface area contributed by atoms with Gasteiger partial charge >= 0.3 is 0 Å². The Morgan fingerprint density at radius 1 is 1.14 bits per heavy atom. The van der Waals surface area contributed by atoms with Crippen LogP contribution >= 0.6 is 0 Å². The fourth-order valence-corrected chi connectivity index (χ4v) is 3.29. The van der Waals surface area contributed by atoms with E-state index in [-0.39, 0.29) is 0 Å². The van der Waals surface area contributed by atoms with Crippen LogP contribution in [0.4, 0.5) is 0 Å². The van der Waals surface area contributed by atoms with E-state index in [4.69, 9.17) is 4.98 Å². The molecule has 3 atom stereocenters. The summed E-state index contributed by atoms with van der Waals surface area (Å²) >= 11 is 0. The highest BCUT2D eigenvalue weighted by Gasteiger charge is 2.27. The summed E-state index contributed by atoms with van der Waals surface area (Å²) in [5, 5.41) is 3.55. The van der Waals surface area contributed by atoms with E-state index in [0.717, 1.165) is 35.5 Å². The molecule has 0 amide bonds. The van der Waals surface area contributed by atoms with Gasteiger partial charge in [0.25, 0.3) is 0 Å². The highest BCUT2D eigenvalue weighted by atomic mass is 15.2. The van der Waals surface area contributed by atoms with Crippen molar-refractivity contribution in [2.24, 2.45) is 0 Å². The highest BCUT2D eigenvalue weighted by molar-refractivity contribution is 5.75. The van der Waals surface area contributed by atoms with Crippen LogP contribution in [0.5, 0.6) is 0 Å². The predicted octanol–water partition coefficient (Wildman–Crippen LogP) is 2.99. The molecule has 1 fully saturated rings. The lowest BCUT2D eigenvalue weighted by Gasteiger charge is -2.41. The first-order chi connectivity index (χ1) is 10.5. The van der Waals surface area contributed by atoms with Crippen molar-refractivity contribution in [2.45, 2.75) is 52.7 Å². The van der Waals surface area contributed by atoms with Crippen LogP contribution in [-0.4, -0.2) is 40.0 Å². The largest absolute Gasteiger partial charge is 0.311 e. The Balaban J connectivity index is 1.93. The minimum atomic E-state index is 0.396. The molecular formula is C18H26N4. The zero-order chi connectivity index (χ0) is 15.9. The van der Waals surface area contributed by atoms with Crippen LogP contribution in [0.3, 0.4) is 0 Å². The average molecular weight is 298 g/mol. The molecule has 1 saturated heterocycles. The molecule has 0 radical (unpaired) electrons. The molecule has 2 heterocycles. The molecule has 0 bridgehead atoms. The number of nitrogens with one attached hydrogen (secondary N) is 1. The lowest BCUT2D eigenvalue weighted by Crippen LogP contribution is -2.54. The lowest BCUT2D eigenvalue weighted by atomic mass is 10.0. The van der Waals surface area contributed by atoms with E-state index in [1.54, 1.807) is 0 Å². The normalized spacial score (nSPS) is 24.6. The molecule has 0 aliphatic carbocycles. The number of hydrogen-bond donors (Lipinski definition) is 1. The van der Waals surface area contributed by atoms with Gasteiger partial charge in [-0.25, -0.2) is 9.97 Å². The Hall–Kier alpha value is -1.52. The second-order valence-corrected chi connectivity index (χ2v) is 6.67. The number of aromatic nitrogens is 2. The monoisotopic (exact) mass is 298 g/mol. The smallest absolute Gasteiger partial charge is 0.0893 e. The van der Waals surface area contributed by atoms with Crippen LogP contribution in [0.25, 0.3) is 11.0 Å². The van der Waals surface area contributed by atoms with Crippen LogP contribution in [0.15, 0.2) is 18.2 Å². The molecule has 0 spiro atoms.